The first-order valence-electron chi connectivity index (χ1n) is 6.80. The van der Waals surface area contributed by atoms with Crippen molar-refractivity contribution in [1.29, 1.82) is 0 Å². The third-order valence-electron chi connectivity index (χ3n) is 2.93. The molecule has 1 rings (SSSR count). The molecule has 0 aliphatic heterocycles. The largest absolute Gasteiger partial charge is 0.483 e. The van der Waals surface area contributed by atoms with E-state index in [2.05, 4.69) is 6.92 Å². The van der Waals surface area contributed by atoms with Gasteiger partial charge in [-0.2, -0.15) is 14.7 Å². The molecule has 3 N–H and O–H groups in total. The highest BCUT2D eigenvalue weighted by molar-refractivity contribution is 7.99. The predicted molar refractivity (Wildman–Crippen MR) is 85.9 cm³/mol. The lowest BCUT2D eigenvalue weighted by Gasteiger charge is -2.08. The van der Waals surface area contributed by atoms with Crippen molar-refractivity contribution in [1.82, 2.24) is 0 Å². The summed E-state index contributed by atoms with van der Waals surface area (Å²) in [5.74, 6) is 0.700. The zero-order chi connectivity index (χ0) is 16.8. The maximum Gasteiger partial charge on any atom is 0.483 e. The van der Waals surface area contributed by atoms with Crippen molar-refractivity contribution in [2.24, 2.45) is 0 Å². The highest BCUT2D eigenvalue weighted by Gasteiger charge is 2.45. The first kappa shape index (κ1) is 19.0. The minimum absolute atomic E-state index is 0.226. The van der Waals surface area contributed by atoms with Crippen molar-refractivity contribution in [2.45, 2.75) is 37.5 Å². The summed E-state index contributed by atoms with van der Waals surface area (Å²) in [5, 5.41) is 10.8. The van der Waals surface area contributed by atoms with Crippen LogP contribution in [-0.4, -0.2) is 30.9 Å². The Morgan fingerprint density at radius 3 is 2.50 bits per heavy atom. The van der Waals surface area contributed by atoms with Crippen LogP contribution in [0.5, 0.6) is 0 Å². The minimum atomic E-state index is -4.73. The molecule has 0 amide bonds. The highest BCUT2D eigenvalue weighted by Crippen LogP contribution is 2.49. The fourth-order valence-corrected chi connectivity index (χ4v) is 3.42. The van der Waals surface area contributed by atoms with Crippen molar-refractivity contribution >= 4 is 30.9 Å². The molecule has 0 fully saturated rings. The van der Waals surface area contributed by atoms with Gasteiger partial charge >= 0.3 is 13.5 Å². The number of nitro benzene ring substituents is 1. The van der Waals surface area contributed by atoms with Gasteiger partial charge in [-0.05, 0) is 18.2 Å². The maximum atomic E-state index is 11.9. The molecule has 0 atom stereocenters. The predicted octanol–water partition coefficient (Wildman–Crippen LogP) is 3.15. The summed E-state index contributed by atoms with van der Waals surface area (Å²) in [6.07, 6.45) is 4.15. The molecular weight excluding hydrogens is 329 g/mol. The molecule has 0 saturated carbocycles. The first-order valence-corrected chi connectivity index (χ1v) is 9.44. The van der Waals surface area contributed by atoms with Crippen LogP contribution >= 0.6 is 19.7 Å². The molecule has 0 aromatic heterocycles. The molecule has 122 valence electrons. The molecular formula is C13H19NO6PS+. The van der Waals surface area contributed by atoms with Crippen LogP contribution in [0.4, 0.5) is 5.69 Å². The second kappa shape index (κ2) is 8.55. The van der Waals surface area contributed by atoms with Crippen molar-refractivity contribution in [2.75, 3.05) is 5.75 Å². The minimum Gasteiger partial charge on any atom is -0.258 e. The van der Waals surface area contributed by atoms with Crippen molar-refractivity contribution in [3.63, 3.8) is 0 Å². The van der Waals surface area contributed by atoms with Gasteiger partial charge in [0.1, 0.15) is 0 Å². The second-order valence-electron chi connectivity index (χ2n) is 4.72. The molecule has 9 heteroatoms. The second-order valence-corrected chi connectivity index (χ2v) is 7.40. The molecule has 22 heavy (non-hydrogen) atoms. The van der Waals surface area contributed by atoms with E-state index in [1.54, 1.807) is 0 Å². The summed E-state index contributed by atoms with van der Waals surface area (Å²) in [7, 11) is -4.73. The molecule has 0 spiro atoms. The topological polar surface area (TPSA) is 121 Å². The monoisotopic (exact) mass is 348 g/mol. The van der Waals surface area contributed by atoms with E-state index in [0.717, 1.165) is 31.7 Å². The quantitative estimate of drug-likeness (QED) is 0.206. The van der Waals surface area contributed by atoms with E-state index in [0.29, 0.717) is 10.6 Å². The van der Waals surface area contributed by atoms with Gasteiger partial charge in [0.25, 0.3) is 5.69 Å². The Morgan fingerprint density at radius 1 is 1.27 bits per heavy atom. The Bertz CT molecular complexity index is 546. The molecule has 0 saturated heterocycles. The standard InChI is InChI=1S/C13H19NO6PS/c1-2-3-4-5-8-22-12-7-6-10(14(16)17)9-11(12)13(15)21(18,19)20/h6-7,9,18-20H,2-5,8H2,1H3/q+1. The average Bonchev–Trinajstić information content (AvgIpc) is 2.45. The van der Waals surface area contributed by atoms with Crippen LogP contribution in [0.1, 0.15) is 43.0 Å². The smallest absolute Gasteiger partial charge is 0.258 e. The number of thioether (sulfide) groups is 1. The number of carbonyl (C=O) groups excluding carboxylic acids is 1. The number of benzene rings is 1. The number of rotatable bonds is 9. The van der Waals surface area contributed by atoms with Crippen molar-refractivity contribution < 1.29 is 24.4 Å². The van der Waals surface area contributed by atoms with Gasteiger partial charge in [0.2, 0.25) is 0 Å². The molecule has 0 heterocycles. The Morgan fingerprint density at radius 2 is 1.95 bits per heavy atom. The van der Waals surface area contributed by atoms with Gasteiger partial charge in [-0.15, -0.1) is 11.8 Å². The normalized spacial score (nSPS) is 11.5. The number of unbranched alkanes of at least 4 members (excludes halogenated alkanes) is 3. The summed E-state index contributed by atoms with van der Waals surface area (Å²) in [4.78, 5) is 49.7. The van der Waals surface area contributed by atoms with E-state index in [1.807, 2.05) is 0 Å². The van der Waals surface area contributed by atoms with Gasteiger partial charge in [0.15, 0.2) is 0 Å². The van der Waals surface area contributed by atoms with Crippen LogP contribution in [0.3, 0.4) is 0 Å². The number of nitrogens with zero attached hydrogens (tertiary/aromatic N) is 1. The van der Waals surface area contributed by atoms with Crippen LogP contribution in [0.15, 0.2) is 23.1 Å². The van der Waals surface area contributed by atoms with Gasteiger partial charge < -0.3 is 0 Å². The third-order valence-corrected chi connectivity index (χ3v) is 4.88. The van der Waals surface area contributed by atoms with E-state index in [9.17, 15) is 14.9 Å². The molecule has 0 aliphatic carbocycles. The SMILES string of the molecule is CCCCCCSc1ccc([N+](=O)[O-])cc1C(=O)[P+](O)(O)O. The molecule has 7 nitrogen and oxygen atoms in total. The third kappa shape index (κ3) is 5.62. The maximum absolute atomic E-state index is 11.9. The Hall–Kier alpha value is -1.05. The molecule has 0 aliphatic rings. The zero-order valence-electron chi connectivity index (χ0n) is 12.1. The van der Waals surface area contributed by atoms with Crippen LogP contribution in [-0.2, 0) is 0 Å². The van der Waals surface area contributed by atoms with Gasteiger partial charge in [-0.25, -0.2) is 4.79 Å². The average molecular weight is 348 g/mol. The summed E-state index contributed by atoms with van der Waals surface area (Å²) in [6, 6.07) is 3.61. The van der Waals surface area contributed by atoms with Crippen LogP contribution in [0.2, 0.25) is 0 Å². The van der Waals surface area contributed by atoms with E-state index in [1.165, 1.54) is 23.9 Å². The van der Waals surface area contributed by atoms with Gasteiger partial charge in [0.05, 0.1) is 10.5 Å². The van der Waals surface area contributed by atoms with Crippen LogP contribution < -0.4 is 0 Å². The van der Waals surface area contributed by atoms with Gasteiger partial charge in [0, 0.05) is 17.0 Å². The fourth-order valence-electron chi connectivity index (χ4n) is 1.80. The number of hydrogen-bond acceptors (Lipinski definition) is 7. The van der Waals surface area contributed by atoms with Gasteiger partial charge in [-0.3, -0.25) is 10.1 Å². The molecule has 1 aromatic rings. The molecule has 1 aromatic carbocycles. The van der Waals surface area contributed by atoms with Crippen molar-refractivity contribution in [3.8, 4) is 0 Å². The van der Waals surface area contributed by atoms with Gasteiger partial charge in [-0.1, -0.05) is 26.2 Å². The van der Waals surface area contributed by atoms with E-state index >= 15 is 0 Å². The molecule has 0 bridgehead atoms. The summed E-state index contributed by atoms with van der Waals surface area (Å²) >= 11 is 1.30. The summed E-state index contributed by atoms with van der Waals surface area (Å²) in [5.41, 5.74) is -1.84. The lowest BCUT2D eigenvalue weighted by atomic mass is 10.2. The zero-order valence-corrected chi connectivity index (χ0v) is 13.8. The Kier molecular flexibility index (Phi) is 7.38. The summed E-state index contributed by atoms with van der Waals surface area (Å²) in [6.45, 7) is 2.09. The van der Waals surface area contributed by atoms with Crippen LogP contribution in [0.25, 0.3) is 0 Å². The number of non-ortho nitro benzene ring substituents is 1. The number of nitro groups is 1. The van der Waals surface area contributed by atoms with Crippen molar-refractivity contribution in [3.05, 3.63) is 33.9 Å². The first-order chi connectivity index (χ1) is 10.3. The lowest BCUT2D eigenvalue weighted by molar-refractivity contribution is -0.384. The Balaban J connectivity index is 2.95. The van der Waals surface area contributed by atoms with Crippen LogP contribution in [0, 0.1) is 10.1 Å². The Labute approximate surface area is 133 Å². The number of hydrogen-bond donors (Lipinski definition) is 3. The molecule has 0 radical (unpaired) electrons. The molecule has 0 unspecified atom stereocenters. The summed E-state index contributed by atoms with van der Waals surface area (Å²) < 4.78 is 0. The van der Waals surface area contributed by atoms with E-state index < -0.39 is 18.4 Å². The van der Waals surface area contributed by atoms with E-state index in [4.69, 9.17) is 14.7 Å². The highest BCUT2D eigenvalue weighted by atomic mass is 32.2. The van der Waals surface area contributed by atoms with E-state index in [-0.39, 0.29) is 11.3 Å². The lowest BCUT2D eigenvalue weighted by Crippen LogP contribution is -2.08. The fraction of sp³-hybridized carbons (Fsp3) is 0.462. The number of carbonyl (C=O) groups is 1.